The monoisotopic (exact) mass is 209 g/mol. The lowest BCUT2D eigenvalue weighted by Crippen LogP contribution is -2.33. The average molecular weight is 209 g/mol. The number of rotatable bonds is 1. The van der Waals surface area contributed by atoms with Gasteiger partial charge in [-0.15, -0.1) is 0 Å². The predicted molar refractivity (Wildman–Crippen MR) is 49.1 cm³/mol. The third kappa shape index (κ3) is 1.54. The first-order valence-electron chi connectivity index (χ1n) is 4.90. The molecule has 15 heavy (non-hydrogen) atoms. The predicted octanol–water partition coefficient (Wildman–Crippen LogP) is 0.704. The number of carbonyl (C=O) groups is 3. The SMILES string of the molecule is CC(=O)ON1C(=O)C2=C(CCCC2)C1=O. The van der Waals surface area contributed by atoms with Gasteiger partial charge in [-0.1, -0.05) is 5.06 Å². The first-order valence-corrected chi connectivity index (χ1v) is 4.90. The van der Waals surface area contributed by atoms with Gasteiger partial charge in [-0.05, 0) is 25.7 Å². The Balaban J connectivity index is 2.25. The zero-order chi connectivity index (χ0) is 11.0. The lowest BCUT2D eigenvalue weighted by atomic mass is 9.93. The Morgan fingerprint density at radius 3 is 2.00 bits per heavy atom. The van der Waals surface area contributed by atoms with Crippen LogP contribution in [0.5, 0.6) is 0 Å². The molecule has 0 bridgehead atoms. The number of hydrogen-bond acceptors (Lipinski definition) is 4. The van der Waals surface area contributed by atoms with Gasteiger partial charge in [0.1, 0.15) is 0 Å². The lowest BCUT2D eigenvalue weighted by molar-refractivity contribution is -0.195. The van der Waals surface area contributed by atoms with Crippen LogP contribution in [0.4, 0.5) is 0 Å². The van der Waals surface area contributed by atoms with Gasteiger partial charge in [0.05, 0.1) is 0 Å². The summed E-state index contributed by atoms with van der Waals surface area (Å²) in [6.45, 7) is 1.16. The molecule has 2 rings (SSSR count). The van der Waals surface area contributed by atoms with Gasteiger partial charge >= 0.3 is 5.97 Å². The van der Waals surface area contributed by atoms with Crippen LogP contribution < -0.4 is 0 Å². The molecule has 5 heteroatoms. The highest BCUT2D eigenvalue weighted by Crippen LogP contribution is 2.32. The van der Waals surface area contributed by atoms with E-state index in [4.69, 9.17) is 0 Å². The molecule has 1 aliphatic carbocycles. The van der Waals surface area contributed by atoms with Gasteiger partial charge in [0.25, 0.3) is 11.8 Å². The fraction of sp³-hybridized carbons (Fsp3) is 0.500. The fourth-order valence-electron chi connectivity index (χ4n) is 1.93. The van der Waals surface area contributed by atoms with Crippen molar-refractivity contribution in [2.24, 2.45) is 0 Å². The maximum absolute atomic E-state index is 11.7. The topological polar surface area (TPSA) is 63.7 Å². The Bertz CT molecular complexity index is 355. The van der Waals surface area contributed by atoms with E-state index in [0.29, 0.717) is 29.1 Å². The fourth-order valence-corrected chi connectivity index (χ4v) is 1.93. The quantitative estimate of drug-likeness (QED) is 0.596. The van der Waals surface area contributed by atoms with Crippen molar-refractivity contribution in [2.75, 3.05) is 0 Å². The van der Waals surface area contributed by atoms with Crippen LogP contribution >= 0.6 is 0 Å². The lowest BCUT2D eigenvalue weighted by Gasteiger charge is -2.11. The second-order valence-corrected chi connectivity index (χ2v) is 3.65. The van der Waals surface area contributed by atoms with Crippen molar-refractivity contribution in [3.05, 3.63) is 11.1 Å². The van der Waals surface area contributed by atoms with Gasteiger partial charge < -0.3 is 4.84 Å². The smallest absolute Gasteiger partial charge is 0.330 e. The number of amides is 2. The van der Waals surface area contributed by atoms with Crippen molar-refractivity contribution in [1.82, 2.24) is 5.06 Å². The molecule has 2 aliphatic rings. The van der Waals surface area contributed by atoms with E-state index < -0.39 is 17.8 Å². The van der Waals surface area contributed by atoms with E-state index >= 15 is 0 Å². The molecule has 0 spiro atoms. The molecule has 1 heterocycles. The number of carbonyl (C=O) groups excluding carboxylic acids is 3. The molecule has 0 saturated heterocycles. The van der Waals surface area contributed by atoms with E-state index in [9.17, 15) is 14.4 Å². The first-order chi connectivity index (χ1) is 7.11. The highest BCUT2D eigenvalue weighted by Gasteiger charge is 2.41. The van der Waals surface area contributed by atoms with Crippen LogP contribution in [0.25, 0.3) is 0 Å². The third-order valence-corrected chi connectivity index (χ3v) is 2.57. The molecule has 0 aromatic carbocycles. The highest BCUT2D eigenvalue weighted by molar-refractivity contribution is 6.19. The van der Waals surface area contributed by atoms with Crippen molar-refractivity contribution >= 4 is 17.8 Å². The van der Waals surface area contributed by atoms with E-state index in [1.807, 2.05) is 0 Å². The van der Waals surface area contributed by atoms with Crippen LogP contribution in [0.1, 0.15) is 32.6 Å². The van der Waals surface area contributed by atoms with Gasteiger partial charge in [-0.25, -0.2) is 4.79 Å². The van der Waals surface area contributed by atoms with Crippen molar-refractivity contribution in [1.29, 1.82) is 0 Å². The van der Waals surface area contributed by atoms with Gasteiger partial charge in [-0.2, -0.15) is 0 Å². The molecule has 80 valence electrons. The largest absolute Gasteiger partial charge is 0.330 e. The molecule has 0 aromatic rings. The molecule has 0 atom stereocenters. The van der Waals surface area contributed by atoms with Gasteiger partial charge in [0.2, 0.25) is 0 Å². The standard InChI is InChI=1S/C10H11NO4/c1-6(12)15-11-9(13)7-4-2-3-5-8(7)10(11)14/h2-5H2,1H3. The van der Waals surface area contributed by atoms with E-state index in [1.165, 1.54) is 0 Å². The van der Waals surface area contributed by atoms with E-state index in [0.717, 1.165) is 19.8 Å². The Hall–Kier alpha value is -1.65. The van der Waals surface area contributed by atoms with Crippen molar-refractivity contribution in [3.63, 3.8) is 0 Å². The minimum absolute atomic E-state index is 0.468. The maximum atomic E-state index is 11.7. The van der Waals surface area contributed by atoms with Gasteiger partial charge in [0, 0.05) is 18.1 Å². The van der Waals surface area contributed by atoms with Crippen LogP contribution in [0.15, 0.2) is 11.1 Å². The molecular weight excluding hydrogens is 198 g/mol. The average Bonchev–Trinajstić information content (AvgIpc) is 2.44. The minimum atomic E-state index is -0.656. The normalized spacial score (nSPS) is 20.7. The summed E-state index contributed by atoms with van der Waals surface area (Å²) >= 11 is 0. The second-order valence-electron chi connectivity index (χ2n) is 3.65. The van der Waals surface area contributed by atoms with Crippen LogP contribution in [0.2, 0.25) is 0 Å². The summed E-state index contributed by atoms with van der Waals surface area (Å²) in [4.78, 5) is 38.6. The molecular formula is C10H11NO4. The van der Waals surface area contributed by atoms with Crippen LogP contribution in [-0.2, 0) is 19.2 Å². The summed E-state index contributed by atoms with van der Waals surface area (Å²) in [7, 11) is 0. The molecule has 1 aliphatic heterocycles. The Kier molecular flexibility index (Phi) is 2.30. The molecule has 2 amide bonds. The van der Waals surface area contributed by atoms with Crippen molar-refractivity contribution in [3.8, 4) is 0 Å². The van der Waals surface area contributed by atoms with Crippen molar-refractivity contribution in [2.45, 2.75) is 32.6 Å². The number of hydrogen-bond donors (Lipinski definition) is 0. The second kappa shape index (κ2) is 3.49. The molecule has 0 aromatic heterocycles. The minimum Gasteiger partial charge on any atom is -0.330 e. The summed E-state index contributed by atoms with van der Waals surface area (Å²) in [5, 5.41) is 0.582. The van der Waals surface area contributed by atoms with Crippen molar-refractivity contribution < 1.29 is 19.2 Å². The van der Waals surface area contributed by atoms with E-state index in [-0.39, 0.29) is 0 Å². The summed E-state index contributed by atoms with van der Waals surface area (Å²) < 4.78 is 0. The molecule has 5 nitrogen and oxygen atoms in total. The van der Waals surface area contributed by atoms with E-state index in [2.05, 4.69) is 4.84 Å². The molecule has 0 fully saturated rings. The zero-order valence-corrected chi connectivity index (χ0v) is 8.41. The Morgan fingerprint density at radius 2 is 1.60 bits per heavy atom. The highest BCUT2D eigenvalue weighted by atomic mass is 16.7. The van der Waals surface area contributed by atoms with Gasteiger partial charge in [-0.3, -0.25) is 9.59 Å². The first kappa shape index (κ1) is 9.89. The summed E-state index contributed by atoms with van der Waals surface area (Å²) in [6, 6.07) is 0. The Morgan fingerprint density at radius 1 is 1.13 bits per heavy atom. The zero-order valence-electron chi connectivity index (χ0n) is 8.41. The van der Waals surface area contributed by atoms with Crippen LogP contribution in [-0.4, -0.2) is 22.8 Å². The summed E-state index contributed by atoms with van der Waals surface area (Å²) in [5.74, 6) is -1.59. The van der Waals surface area contributed by atoms with Crippen LogP contribution in [0, 0.1) is 0 Å². The molecule has 0 radical (unpaired) electrons. The maximum Gasteiger partial charge on any atom is 0.330 e. The summed E-state index contributed by atoms with van der Waals surface area (Å²) in [5.41, 5.74) is 1.04. The summed E-state index contributed by atoms with van der Waals surface area (Å²) in [6.07, 6.45) is 3.03. The van der Waals surface area contributed by atoms with E-state index in [1.54, 1.807) is 0 Å². The molecule has 0 saturated carbocycles. The number of nitrogens with zero attached hydrogens (tertiary/aromatic N) is 1. The molecule has 0 unspecified atom stereocenters. The van der Waals surface area contributed by atoms with Gasteiger partial charge in [0.15, 0.2) is 0 Å². The third-order valence-electron chi connectivity index (χ3n) is 2.57. The molecule has 0 N–H and O–H groups in total. The van der Waals surface area contributed by atoms with Crippen LogP contribution in [0.3, 0.4) is 0 Å². The Labute approximate surface area is 86.6 Å². The number of hydroxylamine groups is 2. The number of imide groups is 1.